The van der Waals surface area contributed by atoms with Gasteiger partial charge in [0.2, 0.25) is 0 Å². The summed E-state index contributed by atoms with van der Waals surface area (Å²) in [5.74, 6) is 1.17. The van der Waals surface area contributed by atoms with E-state index in [0.717, 1.165) is 32.6 Å². The number of rotatable bonds is 5. The van der Waals surface area contributed by atoms with E-state index in [2.05, 4.69) is 17.2 Å². The van der Waals surface area contributed by atoms with Crippen LogP contribution in [0.25, 0.3) is 0 Å². The lowest BCUT2D eigenvalue weighted by atomic mass is 9.99. The first-order chi connectivity index (χ1) is 9.22. The van der Waals surface area contributed by atoms with Crippen molar-refractivity contribution in [2.45, 2.75) is 26.2 Å². The van der Waals surface area contributed by atoms with Gasteiger partial charge in [0.15, 0.2) is 5.82 Å². The van der Waals surface area contributed by atoms with Crippen molar-refractivity contribution in [1.82, 2.24) is 19.8 Å². The molecule has 1 aromatic heterocycles. The van der Waals surface area contributed by atoms with Crippen LogP contribution in [-0.4, -0.2) is 46.5 Å². The van der Waals surface area contributed by atoms with Gasteiger partial charge in [0.1, 0.15) is 0 Å². The summed E-state index contributed by atoms with van der Waals surface area (Å²) in [6.07, 6.45) is 6.90. The van der Waals surface area contributed by atoms with Crippen LogP contribution in [0, 0.1) is 5.92 Å². The van der Waals surface area contributed by atoms with Gasteiger partial charge in [-0.2, -0.15) is 0 Å². The van der Waals surface area contributed by atoms with E-state index < -0.39 is 0 Å². The zero-order chi connectivity index (χ0) is 13.7. The van der Waals surface area contributed by atoms with Gasteiger partial charge in [0.05, 0.1) is 0 Å². The van der Waals surface area contributed by atoms with E-state index in [0.29, 0.717) is 11.7 Å². The molecule has 0 aromatic carbocycles. The molecule has 106 valence electrons. The number of hydrogen-bond donors (Lipinski definition) is 1. The molecule has 1 aliphatic rings. The van der Waals surface area contributed by atoms with E-state index >= 15 is 0 Å². The number of amides is 1. The van der Waals surface area contributed by atoms with Gasteiger partial charge in [-0.05, 0) is 38.3 Å². The van der Waals surface area contributed by atoms with Crippen molar-refractivity contribution in [3.05, 3.63) is 18.2 Å². The number of aryl methyl sites for hydroxylation is 1. The normalized spacial score (nSPS) is 19.4. The van der Waals surface area contributed by atoms with Gasteiger partial charge in [0.25, 0.3) is 5.91 Å². The lowest BCUT2D eigenvalue weighted by Gasteiger charge is -2.29. The average Bonchev–Trinajstić information content (AvgIpc) is 2.85. The number of imidazole rings is 1. The molecule has 0 spiro atoms. The molecule has 1 atom stereocenters. The highest BCUT2D eigenvalue weighted by Crippen LogP contribution is 2.14. The Bertz CT molecular complexity index is 409. The first kappa shape index (κ1) is 14.1. The first-order valence-corrected chi connectivity index (χ1v) is 7.19. The van der Waals surface area contributed by atoms with Gasteiger partial charge >= 0.3 is 0 Å². The zero-order valence-corrected chi connectivity index (χ0v) is 11.9. The molecule has 1 saturated heterocycles. The van der Waals surface area contributed by atoms with Crippen molar-refractivity contribution in [3.63, 3.8) is 0 Å². The summed E-state index contributed by atoms with van der Waals surface area (Å²) in [5.41, 5.74) is 0. The second kappa shape index (κ2) is 6.70. The largest absolute Gasteiger partial charge is 0.336 e. The Morgan fingerprint density at radius 1 is 1.63 bits per heavy atom. The molecule has 0 aliphatic carbocycles. The Labute approximate surface area is 115 Å². The van der Waals surface area contributed by atoms with Crippen molar-refractivity contribution in [1.29, 1.82) is 0 Å². The summed E-state index contributed by atoms with van der Waals surface area (Å²) < 4.78 is 1.80. The highest BCUT2D eigenvalue weighted by Gasteiger charge is 2.23. The average molecular weight is 264 g/mol. The minimum atomic E-state index is 0.0555. The molecule has 1 N–H and O–H groups in total. The van der Waals surface area contributed by atoms with Gasteiger partial charge in [-0.25, -0.2) is 4.98 Å². The number of carbonyl (C=O) groups excluding carboxylic acids is 1. The number of aromatic nitrogens is 2. The van der Waals surface area contributed by atoms with Crippen LogP contribution in [0.5, 0.6) is 0 Å². The lowest BCUT2D eigenvalue weighted by Crippen LogP contribution is -2.42. The Balaban J connectivity index is 2.02. The fourth-order valence-electron chi connectivity index (χ4n) is 2.65. The number of nitrogens with zero attached hydrogens (tertiary/aromatic N) is 3. The molecule has 5 heteroatoms. The number of hydrogen-bond acceptors (Lipinski definition) is 3. The van der Waals surface area contributed by atoms with Crippen LogP contribution in [0.3, 0.4) is 0 Å². The molecule has 0 bridgehead atoms. The molecule has 2 heterocycles. The standard InChI is InChI=1S/C14H24N4O/c1-3-8-18(11-12-5-4-6-15-10-12)14(19)13-16-7-9-17(13)2/h7,9,12,15H,3-6,8,10-11H2,1-2H3. The smallest absolute Gasteiger partial charge is 0.289 e. The third kappa shape index (κ3) is 3.56. The second-order valence-electron chi connectivity index (χ2n) is 5.33. The summed E-state index contributed by atoms with van der Waals surface area (Å²) in [7, 11) is 1.87. The third-order valence-electron chi connectivity index (χ3n) is 3.67. The quantitative estimate of drug-likeness (QED) is 0.871. The van der Waals surface area contributed by atoms with E-state index in [9.17, 15) is 4.79 Å². The molecular weight excluding hydrogens is 240 g/mol. The number of carbonyl (C=O) groups is 1. The Morgan fingerprint density at radius 2 is 2.47 bits per heavy atom. The molecule has 1 amide bonds. The van der Waals surface area contributed by atoms with Crippen LogP contribution in [0.4, 0.5) is 0 Å². The molecule has 2 rings (SSSR count). The van der Waals surface area contributed by atoms with Gasteiger partial charge in [0, 0.05) is 32.5 Å². The van der Waals surface area contributed by atoms with Gasteiger partial charge < -0.3 is 14.8 Å². The second-order valence-corrected chi connectivity index (χ2v) is 5.33. The Hall–Kier alpha value is -1.36. The maximum Gasteiger partial charge on any atom is 0.289 e. The van der Waals surface area contributed by atoms with E-state index in [-0.39, 0.29) is 5.91 Å². The molecule has 1 aliphatic heterocycles. The van der Waals surface area contributed by atoms with Crippen LogP contribution in [0.15, 0.2) is 12.4 Å². The highest BCUT2D eigenvalue weighted by molar-refractivity contribution is 5.90. The molecule has 0 radical (unpaired) electrons. The van der Waals surface area contributed by atoms with Gasteiger partial charge in [-0.3, -0.25) is 4.79 Å². The summed E-state index contributed by atoms with van der Waals surface area (Å²) in [5, 5.41) is 3.41. The van der Waals surface area contributed by atoms with Gasteiger partial charge in [-0.1, -0.05) is 6.92 Å². The third-order valence-corrected chi connectivity index (χ3v) is 3.67. The Morgan fingerprint density at radius 3 is 3.05 bits per heavy atom. The lowest BCUT2D eigenvalue weighted by molar-refractivity contribution is 0.0703. The predicted octanol–water partition coefficient (Wildman–Crippen LogP) is 1.27. The molecule has 5 nitrogen and oxygen atoms in total. The Kier molecular flexibility index (Phi) is 4.96. The maximum atomic E-state index is 12.5. The minimum Gasteiger partial charge on any atom is -0.336 e. The van der Waals surface area contributed by atoms with Crippen molar-refractivity contribution in [2.75, 3.05) is 26.2 Å². The molecule has 1 fully saturated rings. The monoisotopic (exact) mass is 264 g/mol. The molecule has 19 heavy (non-hydrogen) atoms. The minimum absolute atomic E-state index is 0.0555. The van der Waals surface area contributed by atoms with E-state index in [1.54, 1.807) is 10.8 Å². The van der Waals surface area contributed by atoms with Gasteiger partial charge in [-0.15, -0.1) is 0 Å². The van der Waals surface area contributed by atoms with Crippen molar-refractivity contribution in [3.8, 4) is 0 Å². The summed E-state index contributed by atoms with van der Waals surface area (Å²) in [6, 6.07) is 0. The summed E-state index contributed by atoms with van der Waals surface area (Å²) in [4.78, 5) is 18.6. The van der Waals surface area contributed by atoms with E-state index in [4.69, 9.17) is 0 Å². The van der Waals surface area contributed by atoms with E-state index in [1.165, 1.54) is 12.8 Å². The zero-order valence-electron chi connectivity index (χ0n) is 11.9. The van der Waals surface area contributed by atoms with Crippen LogP contribution >= 0.6 is 0 Å². The molecule has 0 saturated carbocycles. The topological polar surface area (TPSA) is 50.2 Å². The molecular formula is C14H24N4O. The maximum absolute atomic E-state index is 12.5. The first-order valence-electron chi connectivity index (χ1n) is 7.19. The van der Waals surface area contributed by atoms with Crippen LogP contribution in [0.1, 0.15) is 36.8 Å². The van der Waals surface area contributed by atoms with Crippen molar-refractivity contribution < 1.29 is 4.79 Å². The van der Waals surface area contributed by atoms with E-state index in [1.807, 2.05) is 18.1 Å². The SMILES string of the molecule is CCCN(CC1CCCNC1)C(=O)c1nccn1C. The number of nitrogens with one attached hydrogen (secondary N) is 1. The van der Waals surface area contributed by atoms with Crippen LogP contribution in [-0.2, 0) is 7.05 Å². The van der Waals surface area contributed by atoms with Crippen molar-refractivity contribution in [2.24, 2.45) is 13.0 Å². The van der Waals surface area contributed by atoms with Crippen LogP contribution < -0.4 is 5.32 Å². The summed E-state index contributed by atoms with van der Waals surface area (Å²) >= 11 is 0. The number of piperidine rings is 1. The predicted molar refractivity (Wildman–Crippen MR) is 75.0 cm³/mol. The molecule has 1 aromatic rings. The van der Waals surface area contributed by atoms with Crippen LogP contribution in [0.2, 0.25) is 0 Å². The fraction of sp³-hybridized carbons (Fsp3) is 0.714. The fourth-order valence-corrected chi connectivity index (χ4v) is 2.65. The highest BCUT2D eigenvalue weighted by atomic mass is 16.2. The van der Waals surface area contributed by atoms with Crippen molar-refractivity contribution >= 4 is 5.91 Å². The molecule has 1 unspecified atom stereocenters. The summed E-state index contributed by atoms with van der Waals surface area (Å²) in [6.45, 7) is 5.89.